The summed E-state index contributed by atoms with van der Waals surface area (Å²) in [5.41, 5.74) is 2.65. The van der Waals surface area contributed by atoms with Crippen LogP contribution in [0.3, 0.4) is 0 Å². The number of hydrogen-bond donors (Lipinski definition) is 0. The van der Waals surface area contributed by atoms with Crippen LogP contribution in [0.2, 0.25) is 0 Å². The molecule has 2 heterocycles. The fourth-order valence-corrected chi connectivity index (χ4v) is 3.90. The molecule has 1 aliphatic heterocycles. The summed E-state index contributed by atoms with van der Waals surface area (Å²) in [5, 5.41) is 8.35. The van der Waals surface area contributed by atoms with E-state index in [0.29, 0.717) is 5.69 Å². The van der Waals surface area contributed by atoms with Crippen LogP contribution in [-0.4, -0.2) is 59.7 Å². The van der Waals surface area contributed by atoms with Crippen LogP contribution < -0.4 is 9.64 Å². The van der Waals surface area contributed by atoms with Crippen molar-refractivity contribution in [1.29, 1.82) is 0 Å². The summed E-state index contributed by atoms with van der Waals surface area (Å²) in [7, 11) is 1.73. The Labute approximate surface area is 176 Å². The Morgan fingerprint density at radius 2 is 1.77 bits per heavy atom. The molecule has 0 amide bonds. The number of anilines is 1. The zero-order chi connectivity index (χ0) is 20.8. The summed E-state index contributed by atoms with van der Waals surface area (Å²) in [6.45, 7) is 6.06. The highest BCUT2D eigenvalue weighted by Crippen LogP contribution is 2.28. The topological polar surface area (TPSA) is 46.4 Å². The fourth-order valence-electron chi connectivity index (χ4n) is 3.90. The summed E-state index contributed by atoms with van der Waals surface area (Å²) in [5.74, 6) is 0.684. The highest BCUT2D eigenvalue weighted by Gasteiger charge is 2.19. The number of ether oxygens (including phenoxy) is 1. The van der Waals surface area contributed by atoms with Gasteiger partial charge in [-0.3, -0.25) is 9.58 Å². The molecule has 2 aromatic carbocycles. The summed E-state index contributed by atoms with van der Waals surface area (Å²) in [6.07, 6.45) is 4.04. The van der Waals surface area contributed by atoms with E-state index >= 15 is 0 Å². The molecule has 0 bridgehead atoms. The van der Waals surface area contributed by atoms with E-state index in [1.807, 2.05) is 29.1 Å². The van der Waals surface area contributed by atoms with Crippen molar-refractivity contribution >= 4 is 5.69 Å². The van der Waals surface area contributed by atoms with Crippen molar-refractivity contribution in [3.8, 4) is 17.0 Å². The molecule has 30 heavy (non-hydrogen) atoms. The van der Waals surface area contributed by atoms with E-state index in [1.165, 1.54) is 17.8 Å². The molecule has 0 saturated carbocycles. The highest BCUT2D eigenvalue weighted by molar-refractivity contribution is 5.59. The molecule has 4 rings (SSSR count). The van der Waals surface area contributed by atoms with Crippen LogP contribution in [0.4, 0.5) is 10.1 Å². The molecule has 0 radical (unpaired) electrons. The molecule has 6 nitrogen and oxygen atoms in total. The lowest BCUT2D eigenvalue weighted by atomic mass is 10.2. The molecule has 7 heteroatoms. The minimum atomic E-state index is -0.257. The maximum absolute atomic E-state index is 13.4. The Morgan fingerprint density at radius 3 is 2.57 bits per heavy atom. The number of benzene rings is 2. The zero-order valence-corrected chi connectivity index (χ0v) is 17.4. The Balaban J connectivity index is 1.19. The van der Waals surface area contributed by atoms with Gasteiger partial charge in [-0.05, 0) is 43.7 Å². The number of hydrogen-bond acceptors (Lipinski definition) is 5. The van der Waals surface area contributed by atoms with Gasteiger partial charge in [0.05, 0.1) is 19.0 Å². The molecule has 1 aliphatic rings. The number of piperazine rings is 1. The second-order valence-electron chi connectivity index (χ2n) is 7.58. The lowest BCUT2D eigenvalue weighted by Crippen LogP contribution is -2.46. The van der Waals surface area contributed by atoms with E-state index in [1.54, 1.807) is 13.2 Å². The van der Waals surface area contributed by atoms with Crippen LogP contribution in [-0.2, 0) is 6.54 Å². The normalized spacial score (nSPS) is 14.8. The van der Waals surface area contributed by atoms with Gasteiger partial charge in [-0.2, -0.15) is 0 Å². The van der Waals surface area contributed by atoms with Crippen LogP contribution in [0.25, 0.3) is 11.3 Å². The summed E-state index contributed by atoms with van der Waals surface area (Å²) < 4.78 is 20.7. The minimum Gasteiger partial charge on any atom is -0.495 e. The second kappa shape index (κ2) is 9.71. The van der Waals surface area contributed by atoms with E-state index in [0.717, 1.165) is 63.4 Å². The smallest absolute Gasteiger partial charge is 0.142 e. The predicted octanol–water partition coefficient (Wildman–Crippen LogP) is 3.70. The van der Waals surface area contributed by atoms with Crippen LogP contribution >= 0.6 is 0 Å². The Bertz CT molecular complexity index is 952. The molecular weight excluding hydrogens is 381 g/mol. The first-order valence-corrected chi connectivity index (χ1v) is 10.5. The van der Waals surface area contributed by atoms with Gasteiger partial charge in [0, 0.05) is 38.3 Å². The Kier molecular flexibility index (Phi) is 6.59. The van der Waals surface area contributed by atoms with Gasteiger partial charge in [0.2, 0.25) is 0 Å². The molecule has 1 saturated heterocycles. The number of aryl methyl sites for hydroxylation is 1. The molecule has 0 N–H and O–H groups in total. The number of methoxy groups -OCH3 is 1. The number of aromatic nitrogens is 3. The van der Waals surface area contributed by atoms with Gasteiger partial charge in [-0.1, -0.05) is 29.5 Å². The maximum atomic E-state index is 13.4. The third kappa shape index (κ3) is 4.97. The SMILES string of the molecule is COc1ccccc1N1CCN(CCCCn2cc(-c3cccc(F)c3)nn2)CC1. The van der Waals surface area contributed by atoms with Crippen molar-refractivity contribution in [2.45, 2.75) is 19.4 Å². The van der Waals surface area contributed by atoms with Crippen molar-refractivity contribution < 1.29 is 9.13 Å². The van der Waals surface area contributed by atoms with Crippen LogP contribution in [0.15, 0.2) is 54.7 Å². The first kappa shape index (κ1) is 20.3. The lowest BCUT2D eigenvalue weighted by molar-refractivity contribution is 0.250. The minimum absolute atomic E-state index is 0.257. The van der Waals surface area contributed by atoms with Crippen LogP contribution in [0.5, 0.6) is 5.75 Å². The van der Waals surface area contributed by atoms with Crippen molar-refractivity contribution in [2.24, 2.45) is 0 Å². The fraction of sp³-hybridized carbons (Fsp3) is 0.391. The molecule has 158 valence electrons. The average Bonchev–Trinajstić information content (AvgIpc) is 3.26. The molecule has 0 spiro atoms. The van der Waals surface area contributed by atoms with Crippen molar-refractivity contribution in [3.05, 3.63) is 60.5 Å². The van der Waals surface area contributed by atoms with Crippen LogP contribution in [0.1, 0.15) is 12.8 Å². The Morgan fingerprint density at radius 1 is 0.967 bits per heavy atom. The van der Waals surface area contributed by atoms with Gasteiger partial charge in [0.1, 0.15) is 17.3 Å². The molecular formula is C23H28FN5O. The zero-order valence-electron chi connectivity index (χ0n) is 17.4. The quantitative estimate of drug-likeness (QED) is 0.531. The van der Waals surface area contributed by atoms with Gasteiger partial charge >= 0.3 is 0 Å². The van der Waals surface area contributed by atoms with Crippen molar-refractivity contribution in [2.75, 3.05) is 44.7 Å². The Hall–Kier alpha value is -2.93. The second-order valence-corrected chi connectivity index (χ2v) is 7.58. The van der Waals surface area contributed by atoms with Crippen molar-refractivity contribution in [1.82, 2.24) is 19.9 Å². The molecule has 0 unspecified atom stereocenters. The van der Waals surface area contributed by atoms with Gasteiger partial charge < -0.3 is 9.64 Å². The van der Waals surface area contributed by atoms with Gasteiger partial charge in [-0.15, -0.1) is 5.10 Å². The van der Waals surface area contributed by atoms with Crippen LogP contribution in [0, 0.1) is 5.82 Å². The largest absolute Gasteiger partial charge is 0.495 e. The van der Waals surface area contributed by atoms with E-state index in [2.05, 4.69) is 32.2 Å². The summed E-state index contributed by atoms with van der Waals surface area (Å²) >= 11 is 0. The van der Waals surface area contributed by atoms with E-state index in [-0.39, 0.29) is 5.82 Å². The highest BCUT2D eigenvalue weighted by atomic mass is 19.1. The number of para-hydroxylation sites is 2. The number of nitrogens with zero attached hydrogens (tertiary/aromatic N) is 5. The molecule has 1 aromatic heterocycles. The van der Waals surface area contributed by atoms with E-state index < -0.39 is 0 Å². The first-order chi connectivity index (χ1) is 14.7. The molecule has 0 atom stereocenters. The van der Waals surface area contributed by atoms with Gasteiger partial charge in [0.25, 0.3) is 0 Å². The number of unbranched alkanes of at least 4 members (excludes halogenated alkanes) is 1. The number of rotatable bonds is 8. The standard InChI is InChI=1S/C23H28FN5O/c1-30-23-10-3-2-9-22(23)28-15-13-27(14-16-28)11-4-5-12-29-18-21(25-26-29)19-7-6-8-20(24)17-19/h2-3,6-10,17-18H,4-5,11-16H2,1H3. The van der Waals surface area contributed by atoms with E-state index in [9.17, 15) is 4.39 Å². The number of halogens is 1. The third-order valence-electron chi connectivity index (χ3n) is 5.57. The van der Waals surface area contributed by atoms with E-state index in [4.69, 9.17) is 4.74 Å². The third-order valence-corrected chi connectivity index (χ3v) is 5.57. The predicted molar refractivity (Wildman–Crippen MR) is 116 cm³/mol. The monoisotopic (exact) mass is 409 g/mol. The van der Waals surface area contributed by atoms with Crippen molar-refractivity contribution in [3.63, 3.8) is 0 Å². The molecule has 0 aliphatic carbocycles. The summed E-state index contributed by atoms with van der Waals surface area (Å²) in [6, 6.07) is 14.7. The summed E-state index contributed by atoms with van der Waals surface area (Å²) in [4.78, 5) is 4.92. The van der Waals surface area contributed by atoms with Gasteiger partial charge in [0.15, 0.2) is 0 Å². The van der Waals surface area contributed by atoms with Gasteiger partial charge in [-0.25, -0.2) is 4.39 Å². The molecule has 1 fully saturated rings. The first-order valence-electron chi connectivity index (χ1n) is 10.5. The lowest BCUT2D eigenvalue weighted by Gasteiger charge is -2.36. The average molecular weight is 410 g/mol. The maximum Gasteiger partial charge on any atom is 0.142 e. The molecule has 3 aromatic rings.